The van der Waals surface area contributed by atoms with Crippen molar-refractivity contribution in [2.75, 3.05) is 39.5 Å². The standard InChI is InChI=1S/C16H25NO3/c1-14-12-17(13-15(2)20-14)8-9-18-10-11-19-16-6-4-3-5-7-16/h3-7,14-15H,8-13H2,1-2H3/t14-,15-/m1/s1. The minimum absolute atomic E-state index is 0.320. The summed E-state index contributed by atoms with van der Waals surface area (Å²) in [6.07, 6.45) is 0.639. The van der Waals surface area contributed by atoms with Crippen molar-refractivity contribution in [3.8, 4) is 5.75 Å². The number of nitrogens with zero attached hydrogens (tertiary/aromatic N) is 1. The van der Waals surface area contributed by atoms with Crippen LogP contribution in [0.5, 0.6) is 5.75 Å². The first kappa shape index (κ1) is 15.3. The van der Waals surface area contributed by atoms with Gasteiger partial charge in [0.05, 0.1) is 25.4 Å². The lowest BCUT2D eigenvalue weighted by Crippen LogP contribution is -2.46. The molecule has 4 heteroatoms. The smallest absolute Gasteiger partial charge is 0.119 e. The summed E-state index contributed by atoms with van der Waals surface area (Å²) in [5.41, 5.74) is 0. The summed E-state index contributed by atoms with van der Waals surface area (Å²) < 4.78 is 16.9. The topological polar surface area (TPSA) is 30.9 Å². The van der Waals surface area contributed by atoms with Crippen LogP contribution in [0.1, 0.15) is 13.8 Å². The molecule has 2 atom stereocenters. The predicted octanol–water partition coefficient (Wildman–Crippen LogP) is 2.19. The van der Waals surface area contributed by atoms with Gasteiger partial charge in [-0.1, -0.05) is 18.2 Å². The van der Waals surface area contributed by atoms with Gasteiger partial charge in [0.25, 0.3) is 0 Å². The maximum atomic E-state index is 5.71. The van der Waals surface area contributed by atoms with E-state index >= 15 is 0 Å². The van der Waals surface area contributed by atoms with E-state index < -0.39 is 0 Å². The van der Waals surface area contributed by atoms with Crippen LogP contribution in [0.25, 0.3) is 0 Å². The van der Waals surface area contributed by atoms with Gasteiger partial charge in [-0.3, -0.25) is 4.90 Å². The summed E-state index contributed by atoms with van der Waals surface area (Å²) >= 11 is 0. The summed E-state index contributed by atoms with van der Waals surface area (Å²) in [4.78, 5) is 2.40. The molecule has 0 unspecified atom stereocenters. The van der Waals surface area contributed by atoms with Gasteiger partial charge in [-0.15, -0.1) is 0 Å². The van der Waals surface area contributed by atoms with Gasteiger partial charge < -0.3 is 14.2 Å². The van der Waals surface area contributed by atoms with Crippen molar-refractivity contribution in [3.05, 3.63) is 30.3 Å². The fraction of sp³-hybridized carbons (Fsp3) is 0.625. The van der Waals surface area contributed by atoms with Gasteiger partial charge in [-0.25, -0.2) is 0 Å². The lowest BCUT2D eigenvalue weighted by molar-refractivity contribution is -0.0734. The molecule has 0 spiro atoms. The summed E-state index contributed by atoms with van der Waals surface area (Å²) in [6.45, 7) is 9.17. The van der Waals surface area contributed by atoms with E-state index in [4.69, 9.17) is 14.2 Å². The van der Waals surface area contributed by atoms with Crippen molar-refractivity contribution < 1.29 is 14.2 Å². The van der Waals surface area contributed by atoms with Gasteiger partial charge in [0.1, 0.15) is 12.4 Å². The molecule has 1 saturated heterocycles. The van der Waals surface area contributed by atoms with E-state index in [0.717, 1.165) is 32.0 Å². The van der Waals surface area contributed by atoms with Gasteiger partial charge in [0, 0.05) is 19.6 Å². The van der Waals surface area contributed by atoms with Crippen LogP contribution in [0.2, 0.25) is 0 Å². The number of rotatable bonds is 7. The Kier molecular flexibility index (Phi) is 6.30. The van der Waals surface area contributed by atoms with Crippen molar-refractivity contribution in [3.63, 3.8) is 0 Å². The molecule has 0 saturated carbocycles. The Hall–Kier alpha value is -1.10. The molecule has 0 radical (unpaired) electrons. The summed E-state index contributed by atoms with van der Waals surface area (Å²) in [7, 11) is 0. The van der Waals surface area contributed by atoms with Crippen LogP contribution in [0.15, 0.2) is 30.3 Å². The van der Waals surface area contributed by atoms with E-state index in [2.05, 4.69) is 18.7 Å². The molecule has 2 rings (SSSR count). The summed E-state index contributed by atoms with van der Waals surface area (Å²) in [5, 5.41) is 0. The highest BCUT2D eigenvalue weighted by atomic mass is 16.5. The molecule has 112 valence electrons. The third kappa shape index (κ3) is 5.49. The highest BCUT2D eigenvalue weighted by Gasteiger charge is 2.21. The van der Waals surface area contributed by atoms with Crippen LogP contribution >= 0.6 is 0 Å². The number of morpholine rings is 1. The number of benzene rings is 1. The van der Waals surface area contributed by atoms with Gasteiger partial charge in [0.2, 0.25) is 0 Å². The lowest BCUT2D eigenvalue weighted by Gasteiger charge is -2.35. The average Bonchev–Trinajstić information content (AvgIpc) is 2.43. The Bertz CT molecular complexity index is 361. The molecule has 1 aromatic rings. The molecule has 0 aliphatic carbocycles. The molecule has 4 nitrogen and oxygen atoms in total. The molecule has 0 amide bonds. The first-order valence-corrected chi connectivity index (χ1v) is 7.37. The van der Waals surface area contributed by atoms with E-state index in [1.54, 1.807) is 0 Å². The van der Waals surface area contributed by atoms with Crippen molar-refractivity contribution in [2.45, 2.75) is 26.1 Å². The third-order valence-corrected chi connectivity index (χ3v) is 3.29. The van der Waals surface area contributed by atoms with Crippen molar-refractivity contribution in [2.24, 2.45) is 0 Å². The average molecular weight is 279 g/mol. The van der Waals surface area contributed by atoms with Crippen LogP contribution in [0, 0.1) is 0 Å². The molecule has 0 aromatic heterocycles. The molecule has 1 aliphatic rings. The molecular formula is C16H25NO3. The van der Waals surface area contributed by atoms with Gasteiger partial charge in [0.15, 0.2) is 0 Å². The molecular weight excluding hydrogens is 254 g/mol. The van der Waals surface area contributed by atoms with Crippen LogP contribution < -0.4 is 4.74 Å². The second kappa shape index (κ2) is 8.25. The van der Waals surface area contributed by atoms with E-state index in [0.29, 0.717) is 25.4 Å². The Morgan fingerprint density at radius 1 is 1.05 bits per heavy atom. The minimum Gasteiger partial charge on any atom is -0.491 e. The second-order valence-electron chi connectivity index (χ2n) is 5.29. The molecule has 1 aromatic carbocycles. The number of hydrogen-bond donors (Lipinski definition) is 0. The molecule has 0 N–H and O–H groups in total. The molecule has 1 fully saturated rings. The van der Waals surface area contributed by atoms with Gasteiger partial charge in [-0.2, -0.15) is 0 Å². The van der Waals surface area contributed by atoms with E-state index in [1.807, 2.05) is 30.3 Å². The SMILES string of the molecule is C[C@@H]1CN(CCOCCOc2ccccc2)C[C@@H](C)O1. The summed E-state index contributed by atoms with van der Waals surface area (Å²) in [5.74, 6) is 0.895. The second-order valence-corrected chi connectivity index (χ2v) is 5.29. The van der Waals surface area contributed by atoms with E-state index in [9.17, 15) is 0 Å². The Balaban J connectivity index is 1.51. The maximum absolute atomic E-state index is 5.71. The lowest BCUT2D eigenvalue weighted by atomic mass is 10.2. The van der Waals surface area contributed by atoms with Crippen molar-refractivity contribution >= 4 is 0 Å². The van der Waals surface area contributed by atoms with Crippen molar-refractivity contribution in [1.29, 1.82) is 0 Å². The van der Waals surface area contributed by atoms with Crippen LogP contribution in [-0.4, -0.2) is 56.6 Å². The highest BCUT2D eigenvalue weighted by molar-refractivity contribution is 5.20. The molecule has 0 bridgehead atoms. The quantitative estimate of drug-likeness (QED) is 0.716. The zero-order chi connectivity index (χ0) is 14.2. The van der Waals surface area contributed by atoms with Gasteiger partial charge in [-0.05, 0) is 26.0 Å². The zero-order valence-electron chi connectivity index (χ0n) is 12.5. The normalized spacial score (nSPS) is 23.7. The van der Waals surface area contributed by atoms with Crippen LogP contribution in [0.3, 0.4) is 0 Å². The first-order valence-electron chi connectivity index (χ1n) is 7.37. The Morgan fingerprint density at radius 2 is 1.75 bits per heavy atom. The number of para-hydroxylation sites is 1. The first-order chi connectivity index (χ1) is 9.74. The highest BCUT2D eigenvalue weighted by Crippen LogP contribution is 2.10. The number of ether oxygens (including phenoxy) is 3. The van der Waals surface area contributed by atoms with E-state index in [1.165, 1.54) is 0 Å². The number of hydrogen-bond acceptors (Lipinski definition) is 4. The van der Waals surface area contributed by atoms with E-state index in [-0.39, 0.29) is 0 Å². The third-order valence-electron chi connectivity index (χ3n) is 3.29. The van der Waals surface area contributed by atoms with Gasteiger partial charge >= 0.3 is 0 Å². The van der Waals surface area contributed by atoms with Crippen LogP contribution in [0.4, 0.5) is 0 Å². The fourth-order valence-corrected chi connectivity index (χ4v) is 2.50. The predicted molar refractivity (Wildman–Crippen MR) is 79.2 cm³/mol. The molecule has 1 heterocycles. The zero-order valence-corrected chi connectivity index (χ0v) is 12.5. The maximum Gasteiger partial charge on any atom is 0.119 e. The van der Waals surface area contributed by atoms with Crippen molar-refractivity contribution in [1.82, 2.24) is 4.90 Å². The van der Waals surface area contributed by atoms with Crippen LogP contribution in [-0.2, 0) is 9.47 Å². The molecule has 1 aliphatic heterocycles. The Labute approximate surface area is 121 Å². The summed E-state index contributed by atoms with van der Waals surface area (Å²) in [6, 6.07) is 9.83. The Morgan fingerprint density at radius 3 is 2.45 bits per heavy atom. The molecule has 20 heavy (non-hydrogen) atoms. The monoisotopic (exact) mass is 279 g/mol. The largest absolute Gasteiger partial charge is 0.491 e. The fourth-order valence-electron chi connectivity index (χ4n) is 2.50. The minimum atomic E-state index is 0.320.